The van der Waals surface area contributed by atoms with Crippen LogP contribution in [0, 0.1) is 12.7 Å². The van der Waals surface area contributed by atoms with Gasteiger partial charge in [-0.1, -0.05) is 19.9 Å². The van der Waals surface area contributed by atoms with Crippen LogP contribution in [-0.2, 0) is 15.7 Å². The molecule has 0 N–H and O–H groups in total. The van der Waals surface area contributed by atoms with E-state index in [9.17, 15) is 17.6 Å². The lowest BCUT2D eigenvalue weighted by atomic mass is 10.0. The SMILES string of the molecule is CC.Cc1c(F)ccc(C2OCCO2)c1C(F)(F)F. The highest BCUT2D eigenvalue weighted by Crippen LogP contribution is 2.39. The van der Waals surface area contributed by atoms with Gasteiger partial charge in [0.1, 0.15) is 5.82 Å². The zero-order valence-corrected chi connectivity index (χ0v) is 11.0. The lowest BCUT2D eigenvalue weighted by Crippen LogP contribution is -2.15. The van der Waals surface area contributed by atoms with Crippen LogP contribution in [0.3, 0.4) is 0 Å². The van der Waals surface area contributed by atoms with Crippen LogP contribution in [0.5, 0.6) is 0 Å². The first-order valence-corrected chi connectivity index (χ1v) is 6.00. The van der Waals surface area contributed by atoms with Crippen molar-refractivity contribution in [3.8, 4) is 0 Å². The van der Waals surface area contributed by atoms with Gasteiger partial charge >= 0.3 is 6.18 Å². The predicted molar refractivity (Wildman–Crippen MR) is 62.1 cm³/mol. The largest absolute Gasteiger partial charge is 0.417 e. The molecule has 0 spiro atoms. The fraction of sp³-hybridized carbons (Fsp3) is 0.538. The molecule has 1 aliphatic heterocycles. The molecule has 0 atom stereocenters. The summed E-state index contributed by atoms with van der Waals surface area (Å²) in [5.74, 6) is -0.890. The van der Waals surface area contributed by atoms with Gasteiger partial charge in [0.05, 0.1) is 18.8 Å². The van der Waals surface area contributed by atoms with Crippen molar-refractivity contribution in [2.45, 2.75) is 33.2 Å². The maximum Gasteiger partial charge on any atom is 0.417 e. The molecule has 1 heterocycles. The molecule has 0 amide bonds. The molecule has 0 saturated carbocycles. The van der Waals surface area contributed by atoms with Gasteiger partial charge in [-0.05, 0) is 18.6 Å². The van der Waals surface area contributed by atoms with Crippen LogP contribution in [0.2, 0.25) is 0 Å². The molecule has 19 heavy (non-hydrogen) atoms. The Kier molecular flexibility index (Phi) is 5.31. The van der Waals surface area contributed by atoms with Crippen LogP contribution < -0.4 is 0 Å². The van der Waals surface area contributed by atoms with Crippen molar-refractivity contribution in [3.63, 3.8) is 0 Å². The summed E-state index contributed by atoms with van der Waals surface area (Å²) >= 11 is 0. The Morgan fingerprint density at radius 3 is 2.11 bits per heavy atom. The Bertz CT molecular complexity index is 423. The Morgan fingerprint density at radius 1 is 1.11 bits per heavy atom. The van der Waals surface area contributed by atoms with E-state index in [0.29, 0.717) is 0 Å². The zero-order valence-electron chi connectivity index (χ0n) is 11.0. The molecule has 1 saturated heterocycles. The van der Waals surface area contributed by atoms with E-state index in [-0.39, 0.29) is 18.8 Å². The van der Waals surface area contributed by atoms with Gasteiger partial charge in [-0.15, -0.1) is 0 Å². The van der Waals surface area contributed by atoms with Gasteiger partial charge in [-0.25, -0.2) is 4.39 Å². The normalized spacial score (nSPS) is 16.2. The fourth-order valence-corrected chi connectivity index (χ4v) is 1.82. The highest BCUT2D eigenvalue weighted by molar-refractivity contribution is 5.38. The molecule has 0 radical (unpaired) electrons. The van der Waals surface area contributed by atoms with Gasteiger partial charge in [0, 0.05) is 5.56 Å². The summed E-state index contributed by atoms with van der Waals surface area (Å²) in [6.45, 7) is 5.56. The monoisotopic (exact) mass is 280 g/mol. The molecule has 108 valence electrons. The Morgan fingerprint density at radius 2 is 1.63 bits per heavy atom. The minimum Gasteiger partial charge on any atom is -0.346 e. The Labute approximate surface area is 109 Å². The average Bonchev–Trinajstić information content (AvgIpc) is 2.87. The van der Waals surface area contributed by atoms with Crippen LogP contribution in [0.15, 0.2) is 12.1 Å². The molecule has 0 bridgehead atoms. The summed E-state index contributed by atoms with van der Waals surface area (Å²) in [7, 11) is 0. The van der Waals surface area contributed by atoms with Crippen molar-refractivity contribution in [3.05, 3.63) is 34.6 Å². The molecular formula is C13H16F4O2. The highest BCUT2D eigenvalue weighted by Gasteiger charge is 2.39. The molecule has 2 nitrogen and oxygen atoms in total. The Hall–Kier alpha value is -1.14. The van der Waals surface area contributed by atoms with Crippen molar-refractivity contribution < 1.29 is 27.0 Å². The van der Waals surface area contributed by atoms with Gasteiger partial charge < -0.3 is 9.47 Å². The molecule has 1 aromatic rings. The van der Waals surface area contributed by atoms with Gasteiger partial charge in [0.25, 0.3) is 0 Å². The van der Waals surface area contributed by atoms with E-state index in [1.54, 1.807) is 0 Å². The summed E-state index contributed by atoms with van der Waals surface area (Å²) in [5, 5.41) is 0. The van der Waals surface area contributed by atoms with Crippen molar-refractivity contribution in [1.29, 1.82) is 0 Å². The highest BCUT2D eigenvalue weighted by atomic mass is 19.4. The summed E-state index contributed by atoms with van der Waals surface area (Å²) < 4.78 is 61.8. The first-order valence-electron chi connectivity index (χ1n) is 6.00. The van der Waals surface area contributed by atoms with Gasteiger partial charge in [-0.3, -0.25) is 0 Å². The van der Waals surface area contributed by atoms with Crippen molar-refractivity contribution in [2.24, 2.45) is 0 Å². The smallest absolute Gasteiger partial charge is 0.346 e. The van der Waals surface area contributed by atoms with E-state index in [2.05, 4.69) is 0 Å². The molecule has 1 aromatic carbocycles. The molecule has 2 rings (SSSR count). The quantitative estimate of drug-likeness (QED) is 0.717. The minimum atomic E-state index is -4.63. The number of halogens is 4. The standard InChI is InChI=1S/C11H10F4O2.C2H6/c1-6-8(12)3-2-7(9(6)11(13,14)15)10-16-4-5-17-10;1-2/h2-3,10H,4-5H2,1H3;1-2H3. The first kappa shape index (κ1) is 15.9. The number of rotatable bonds is 1. The third kappa shape index (κ3) is 3.45. The van der Waals surface area contributed by atoms with Crippen LogP contribution in [-0.4, -0.2) is 13.2 Å². The van der Waals surface area contributed by atoms with Crippen LogP contribution in [0.1, 0.15) is 36.8 Å². The number of hydrogen-bond donors (Lipinski definition) is 0. The number of ether oxygens (including phenoxy) is 2. The fourth-order valence-electron chi connectivity index (χ4n) is 1.82. The first-order chi connectivity index (χ1) is 8.91. The van der Waals surface area contributed by atoms with Gasteiger partial charge in [0.15, 0.2) is 6.29 Å². The van der Waals surface area contributed by atoms with E-state index in [4.69, 9.17) is 9.47 Å². The van der Waals surface area contributed by atoms with E-state index in [0.717, 1.165) is 19.1 Å². The molecule has 1 fully saturated rings. The summed E-state index contributed by atoms with van der Waals surface area (Å²) in [5.41, 5.74) is -1.62. The van der Waals surface area contributed by atoms with Crippen LogP contribution in [0.25, 0.3) is 0 Å². The third-order valence-corrected chi connectivity index (χ3v) is 2.59. The van der Waals surface area contributed by atoms with Crippen molar-refractivity contribution in [2.75, 3.05) is 13.2 Å². The minimum absolute atomic E-state index is 0.172. The van der Waals surface area contributed by atoms with E-state index < -0.39 is 29.4 Å². The molecule has 1 aliphatic rings. The number of benzene rings is 1. The molecule has 0 unspecified atom stereocenters. The summed E-state index contributed by atoms with van der Waals surface area (Å²) in [6.07, 6.45) is -5.69. The topological polar surface area (TPSA) is 18.5 Å². The van der Waals surface area contributed by atoms with Crippen molar-refractivity contribution in [1.82, 2.24) is 0 Å². The van der Waals surface area contributed by atoms with Crippen LogP contribution >= 0.6 is 0 Å². The van der Waals surface area contributed by atoms with Crippen LogP contribution in [0.4, 0.5) is 17.6 Å². The second kappa shape index (κ2) is 6.34. The summed E-state index contributed by atoms with van der Waals surface area (Å²) in [6, 6.07) is 2.05. The number of hydrogen-bond acceptors (Lipinski definition) is 2. The van der Waals surface area contributed by atoms with E-state index in [1.165, 1.54) is 0 Å². The van der Waals surface area contributed by atoms with Gasteiger partial charge in [-0.2, -0.15) is 13.2 Å². The maximum absolute atomic E-state index is 13.2. The third-order valence-electron chi connectivity index (χ3n) is 2.59. The lowest BCUT2D eigenvalue weighted by Gasteiger charge is -2.19. The second-order valence-electron chi connectivity index (χ2n) is 3.71. The van der Waals surface area contributed by atoms with Crippen molar-refractivity contribution >= 4 is 0 Å². The van der Waals surface area contributed by atoms with E-state index >= 15 is 0 Å². The predicted octanol–water partition coefficient (Wildman–Crippen LogP) is 4.22. The second-order valence-corrected chi connectivity index (χ2v) is 3.71. The molecule has 0 aliphatic carbocycles. The zero-order chi connectivity index (χ0) is 14.6. The number of alkyl halides is 3. The average molecular weight is 280 g/mol. The summed E-state index contributed by atoms with van der Waals surface area (Å²) in [4.78, 5) is 0. The molecular weight excluding hydrogens is 264 g/mol. The van der Waals surface area contributed by atoms with E-state index in [1.807, 2.05) is 13.8 Å². The maximum atomic E-state index is 13.2. The molecule has 0 aromatic heterocycles. The Balaban J connectivity index is 0.000000861. The molecule has 6 heteroatoms. The van der Waals surface area contributed by atoms with Gasteiger partial charge in [0.2, 0.25) is 0 Å². The lowest BCUT2D eigenvalue weighted by molar-refractivity contribution is -0.143.